The maximum Gasteiger partial charge on any atom is 0.127 e. The summed E-state index contributed by atoms with van der Waals surface area (Å²) in [6.45, 7) is 5.12. The molecule has 0 spiro atoms. The molecule has 1 aliphatic rings. The van der Waals surface area contributed by atoms with Gasteiger partial charge in [-0.15, -0.1) is 0 Å². The fourth-order valence-corrected chi connectivity index (χ4v) is 2.17. The van der Waals surface area contributed by atoms with Crippen LogP contribution >= 0.6 is 0 Å². The topological polar surface area (TPSA) is 30.5 Å². The monoisotopic (exact) mass is 221 g/mol. The lowest BCUT2D eigenvalue weighted by Crippen LogP contribution is -2.26. The molecule has 1 N–H and O–H groups in total. The molecule has 0 aromatic heterocycles. The molecule has 1 aliphatic heterocycles. The highest BCUT2D eigenvalue weighted by Crippen LogP contribution is 2.37. The van der Waals surface area contributed by atoms with Gasteiger partial charge in [-0.2, -0.15) is 5.48 Å². The second-order valence-corrected chi connectivity index (χ2v) is 4.43. The molecule has 1 heterocycles. The largest absolute Gasteiger partial charge is 0.493 e. The lowest BCUT2D eigenvalue weighted by molar-refractivity contribution is 0.0461. The molecule has 88 valence electrons. The average Bonchev–Trinajstić information content (AvgIpc) is 2.29. The molecule has 3 heteroatoms. The molecule has 1 aromatic rings. The Bertz CT molecular complexity index is 363. The molecule has 3 nitrogen and oxygen atoms in total. The third kappa shape index (κ3) is 2.06. The molecule has 0 radical (unpaired) electrons. The maximum absolute atomic E-state index is 5.80. The summed E-state index contributed by atoms with van der Waals surface area (Å²) in [7, 11) is 1.65. The van der Waals surface area contributed by atoms with Crippen molar-refractivity contribution in [1.82, 2.24) is 5.48 Å². The first-order valence-electron chi connectivity index (χ1n) is 5.78. The highest BCUT2D eigenvalue weighted by Gasteiger charge is 2.24. The van der Waals surface area contributed by atoms with E-state index in [-0.39, 0.29) is 6.04 Å². The van der Waals surface area contributed by atoms with E-state index in [1.807, 2.05) is 0 Å². The molecule has 1 aromatic carbocycles. The van der Waals surface area contributed by atoms with Crippen LogP contribution in [-0.2, 0) is 4.84 Å². The fourth-order valence-electron chi connectivity index (χ4n) is 2.17. The molecule has 1 unspecified atom stereocenters. The van der Waals surface area contributed by atoms with Gasteiger partial charge in [0.2, 0.25) is 0 Å². The molecular weight excluding hydrogens is 202 g/mol. The molecular formula is C13H19NO2. The zero-order chi connectivity index (χ0) is 11.5. The van der Waals surface area contributed by atoms with Gasteiger partial charge in [-0.3, -0.25) is 0 Å². The summed E-state index contributed by atoms with van der Waals surface area (Å²) in [5.74, 6) is 1.52. The van der Waals surface area contributed by atoms with Gasteiger partial charge in [-0.1, -0.05) is 32.0 Å². The normalized spacial score (nSPS) is 19.4. The first-order valence-corrected chi connectivity index (χ1v) is 5.78. The number of fused-ring (bicyclic) bond motifs is 1. The van der Waals surface area contributed by atoms with Crippen LogP contribution in [0.25, 0.3) is 0 Å². The van der Waals surface area contributed by atoms with E-state index in [1.54, 1.807) is 7.11 Å². The van der Waals surface area contributed by atoms with E-state index < -0.39 is 0 Å². The van der Waals surface area contributed by atoms with E-state index in [0.717, 1.165) is 18.8 Å². The maximum atomic E-state index is 5.80. The predicted octanol–water partition coefficient (Wildman–Crippen LogP) is 2.78. The van der Waals surface area contributed by atoms with Gasteiger partial charge in [0.05, 0.1) is 19.8 Å². The van der Waals surface area contributed by atoms with Gasteiger partial charge >= 0.3 is 0 Å². The van der Waals surface area contributed by atoms with E-state index in [0.29, 0.717) is 5.92 Å². The van der Waals surface area contributed by atoms with Crippen molar-refractivity contribution in [3.63, 3.8) is 0 Å². The van der Waals surface area contributed by atoms with Crippen molar-refractivity contribution in [2.45, 2.75) is 32.2 Å². The Hall–Kier alpha value is -1.06. The second kappa shape index (κ2) is 4.85. The lowest BCUT2D eigenvalue weighted by Gasteiger charge is -2.28. The lowest BCUT2D eigenvalue weighted by atomic mass is 9.93. The first kappa shape index (κ1) is 11.4. The van der Waals surface area contributed by atoms with Gasteiger partial charge < -0.3 is 9.57 Å². The number of nitrogens with one attached hydrogen (secondary N) is 1. The summed E-state index contributed by atoms with van der Waals surface area (Å²) in [6.07, 6.45) is 0.947. The van der Waals surface area contributed by atoms with Crippen molar-refractivity contribution in [1.29, 1.82) is 0 Å². The van der Waals surface area contributed by atoms with Crippen LogP contribution in [0.15, 0.2) is 18.2 Å². The minimum absolute atomic E-state index is 0.243. The predicted molar refractivity (Wildman–Crippen MR) is 63.5 cm³/mol. The number of hydroxylamine groups is 1. The first-order chi connectivity index (χ1) is 7.74. The summed E-state index contributed by atoms with van der Waals surface area (Å²) >= 11 is 0. The third-order valence-electron chi connectivity index (χ3n) is 2.99. The number of hydrogen-bond acceptors (Lipinski definition) is 3. The number of rotatable bonds is 3. The van der Waals surface area contributed by atoms with Crippen LogP contribution in [0.4, 0.5) is 0 Å². The van der Waals surface area contributed by atoms with Crippen LogP contribution in [0.2, 0.25) is 0 Å². The summed E-state index contributed by atoms with van der Waals surface area (Å²) in [5.41, 5.74) is 5.51. The van der Waals surface area contributed by atoms with Crippen LogP contribution in [0.3, 0.4) is 0 Å². The quantitative estimate of drug-likeness (QED) is 0.796. The second-order valence-electron chi connectivity index (χ2n) is 4.43. The zero-order valence-electron chi connectivity index (χ0n) is 10.1. The highest BCUT2D eigenvalue weighted by molar-refractivity contribution is 5.45. The van der Waals surface area contributed by atoms with Crippen LogP contribution in [0.5, 0.6) is 5.75 Å². The molecule has 0 saturated carbocycles. The van der Waals surface area contributed by atoms with Gasteiger partial charge in [0.1, 0.15) is 5.75 Å². The number of benzene rings is 1. The standard InChI is InChI=1S/C13H19NO2/c1-9(2)10-5-4-6-11-12(14-15-3)7-8-16-13(10)11/h4-6,9,12,14H,7-8H2,1-3H3. The van der Waals surface area contributed by atoms with E-state index in [2.05, 4.69) is 37.5 Å². The number of ether oxygens (including phenoxy) is 1. The molecule has 0 amide bonds. The minimum atomic E-state index is 0.243. The molecule has 0 aliphatic carbocycles. The van der Waals surface area contributed by atoms with Gasteiger partial charge in [-0.05, 0) is 11.5 Å². The van der Waals surface area contributed by atoms with E-state index >= 15 is 0 Å². The Morgan fingerprint density at radius 2 is 2.25 bits per heavy atom. The zero-order valence-corrected chi connectivity index (χ0v) is 10.1. The van der Waals surface area contributed by atoms with E-state index in [1.165, 1.54) is 11.1 Å². The van der Waals surface area contributed by atoms with Crippen molar-refractivity contribution >= 4 is 0 Å². The summed E-state index contributed by atoms with van der Waals surface area (Å²) in [6, 6.07) is 6.58. The smallest absolute Gasteiger partial charge is 0.127 e. The molecule has 16 heavy (non-hydrogen) atoms. The number of hydrogen-bond donors (Lipinski definition) is 1. The van der Waals surface area contributed by atoms with Gasteiger partial charge in [0, 0.05) is 12.0 Å². The average molecular weight is 221 g/mol. The molecule has 0 saturated heterocycles. The minimum Gasteiger partial charge on any atom is -0.493 e. The van der Waals surface area contributed by atoms with Crippen LogP contribution in [0.1, 0.15) is 43.4 Å². The summed E-state index contributed by atoms with van der Waals surface area (Å²) < 4.78 is 5.80. The van der Waals surface area contributed by atoms with Crippen molar-refractivity contribution in [2.24, 2.45) is 0 Å². The van der Waals surface area contributed by atoms with E-state index in [9.17, 15) is 0 Å². The number of para-hydroxylation sites is 1. The Morgan fingerprint density at radius 1 is 1.44 bits per heavy atom. The highest BCUT2D eigenvalue weighted by atomic mass is 16.6. The summed E-state index contributed by atoms with van der Waals surface area (Å²) in [5, 5.41) is 0. The van der Waals surface area contributed by atoms with Gasteiger partial charge in [0.25, 0.3) is 0 Å². The van der Waals surface area contributed by atoms with Crippen LogP contribution in [0, 0.1) is 0 Å². The molecule has 0 fully saturated rings. The van der Waals surface area contributed by atoms with E-state index in [4.69, 9.17) is 9.57 Å². The van der Waals surface area contributed by atoms with Gasteiger partial charge in [0.15, 0.2) is 0 Å². The van der Waals surface area contributed by atoms with Crippen molar-refractivity contribution < 1.29 is 9.57 Å². The fraction of sp³-hybridized carbons (Fsp3) is 0.538. The Labute approximate surface area is 96.7 Å². The Balaban J connectivity index is 2.38. The van der Waals surface area contributed by atoms with Crippen molar-refractivity contribution in [2.75, 3.05) is 13.7 Å². The molecule has 2 rings (SSSR count). The van der Waals surface area contributed by atoms with Gasteiger partial charge in [-0.25, -0.2) is 0 Å². The Kier molecular flexibility index (Phi) is 3.46. The molecule has 1 atom stereocenters. The summed E-state index contributed by atoms with van der Waals surface area (Å²) in [4.78, 5) is 5.03. The van der Waals surface area contributed by atoms with Crippen molar-refractivity contribution in [3.05, 3.63) is 29.3 Å². The SMILES string of the molecule is CONC1CCOc2c(C(C)C)cccc21. The van der Waals surface area contributed by atoms with Crippen LogP contribution in [-0.4, -0.2) is 13.7 Å². The Morgan fingerprint density at radius 3 is 2.94 bits per heavy atom. The third-order valence-corrected chi connectivity index (χ3v) is 2.99. The van der Waals surface area contributed by atoms with Crippen LogP contribution < -0.4 is 10.2 Å². The van der Waals surface area contributed by atoms with Crippen molar-refractivity contribution in [3.8, 4) is 5.75 Å². The molecule has 0 bridgehead atoms.